The summed E-state index contributed by atoms with van der Waals surface area (Å²) in [6.45, 7) is 4.17. The number of rotatable bonds is 6. The molecule has 0 saturated heterocycles. The minimum Gasteiger partial charge on any atom is -0.504 e. The lowest BCUT2D eigenvalue weighted by Gasteiger charge is -2.22. The fourth-order valence-corrected chi connectivity index (χ4v) is 2.76. The molecule has 0 aliphatic heterocycles. The molecule has 2 aromatic rings. The van der Waals surface area contributed by atoms with Crippen molar-refractivity contribution in [3.63, 3.8) is 0 Å². The Morgan fingerprint density at radius 1 is 0.875 bits per heavy atom. The molecular weight excluding hydrogens is 308 g/mol. The van der Waals surface area contributed by atoms with E-state index < -0.39 is 0 Å². The second kappa shape index (κ2) is 7.34. The van der Waals surface area contributed by atoms with E-state index in [1.807, 2.05) is 12.1 Å². The molecule has 0 fully saturated rings. The van der Waals surface area contributed by atoms with Gasteiger partial charge in [0.25, 0.3) is 0 Å². The number of aromatic hydroxyl groups is 3. The molecule has 0 unspecified atom stereocenters. The van der Waals surface area contributed by atoms with Crippen molar-refractivity contribution in [1.82, 2.24) is 0 Å². The summed E-state index contributed by atoms with van der Waals surface area (Å²) < 4.78 is 10.2. The Morgan fingerprint density at radius 2 is 1.54 bits per heavy atom. The Kier molecular flexibility index (Phi) is 5.44. The van der Waals surface area contributed by atoms with Crippen molar-refractivity contribution < 1.29 is 24.8 Å². The molecule has 0 amide bonds. The van der Waals surface area contributed by atoms with Gasteiger partial charge in [0.2, 0.25) is 5.75 Å². The minimum atomic E-state index is -0.246. The van der Waals surface area contributed by atoms with Gasteiger partial charge in [-0.1, -0.05) is 19.9 Å². The average molecular weight is 332 g/mol. The van der Waals surface area contributed by atoms with Crippen LogP contribution >= 0.6 is 0 Å². The van der Waals surface area contributed by atoms with E-state index in [9.17, 15) is 15.3 Å². The standard InChI is InChI=1S/C19H24O5/c1-11(7-13-5-6-15(20)17(8-13)23-3)12(2)14-9-16(21)19(22)18(10-14)24-4/h5-6,8-12,20-22H,7H2,1-4H3/t11-,12+/m1/s1. The zero-order chi connectivity index (χ0) is 17.9. The van der Waals surface area contributed by atoms with Crippen molar-refractivity contribution in [3.8, 4) is 28.7 Å². The van der Waals surface area contributed by atoms with Crippen LogP contribution in [0.25, 0.3) is 0 Å². The second-order valence-electron chi connectivity index (χ2n) is 6.07. The monoisotopic (exact) mass is 332 g/mol. The molecule has 0 radical (unpaired) electrons. The fourth-order valence-electron chi connectivity index (χ4n) is 2.76. The molecule has 2 atom stereocenters. The molecule has 3 N–H and O–H groups in total. The molecule has 0 spiro atoms. The highest BCUT2D eigenvalue weighted by molar-refractivity contribution is 5.52. The van der Waals surface area contributed by atoms with Crippen LogP contribution in [0.4, 0.5) is 0 Å². The molecule has 0 heterocycles. The van der Waals surface area contributed by atoms with E-state index in [4.69, 9.17) is 9.47 Å². The molecule has 0 aliphatic carbocycles. The van der Waals surface area contributed by atoms with Gasteiger partial charge < -0.3 is 24.8 Å². The number of benzene rings is 2. The van der Waals surface area contributed by atoms with Crippen LogP contribution in [0.3, 0.4) is 0 Å². The molecule has 5 heteroatoms. The Morgan fingerprint density at radius 3 is 2.17 bits per heavy atom. The van der Waals surface area contributed by atoms with Crippen LogP contribution in [0.1, 0.15) is 30.9 Å². The van der Waals surface area contributed by atoms with Gasteiger partial charge in [0.15, 0.2) is 23.0 Å². The number of hydrogen-bond donors (Lipinski definition) is 3. The Hall–Kier alpha value is -2.56. The first kappa shape index (κ1) is 17.8. The Labute approximate surface area is 142 Å². The first-order valence-electron chi connectivity index (χ1n) is 7.83. The number of hydrogen-bond acceptors (Lipinski definition) is 5. The van der Waals surface area contributed by atoms with E-state index in [1.54, 1.807) is 18.2 Å². The summed E-state index contributed by atoms with van der Waals surface area (Å²) in [7, 11) is 2.98. The van der Waals surface area contributed by atoms with E-state index in [1.165, 1.54) is 14.2 Å². The first-order chi connectivity index (χ1) is 11.4. The van der Waals surface area contributed by atoms with Gasteiger partial charge in [-0.25, -0.2) is 0 Å². The lowest BCUT2D eigenvalue weighted by molar-refractivity contribution is 0.348. The lowest BCUT2D eigenvalue weighted by Crippen LogP contribution is -2.10. The number of phenolic OH excluding ortho intramolecular Hbond substituents is 3. The zero-order valence-electron chi connectivity index (χ0n) is 14.4. The van der Waals surface area contributed by atoms with Crippen LogP contribution in [0.15, 0.2) is 30.3 Å². The molecule has 0 bridgehead atoms. The van der Waals surface area contributed by atoms with Crippen LogP contribution in [-0.4, -0.2) is 29.5 Å². The summed E-state index contributed by atoms with van der Waals surface area (Å²) in [5.41, 5.74) is 1.94. The van der Waals surface area contributed by atoms with Crippen molar-refractivity contribution in [1.29, 1.82) is 0 Å². The van der Waals surface area contributed by atoms with E-state index >= 15 is 0 Å². The maximum Gasteiger partial charge on any atom is 0.200 e. The predicted molar refractivity (Wildman–Crippen MR) is 92.3 cm³/mol. The van der Waals surface area contributed by atoms with Gasteiger partial charge in [-0.2, -0.15) is 0 Å². The van der Waals surface area contributed by atoms with E-state index in [2.05, 4.69) is 13.8 Å². The smallest absolute Gasteiger partial charge is 0.200 e. The Bertz CT molecular complexity index is 711. The minimum absolute atomic E-state index is 0.121. The highest BCUT2D eigenvalue weighted by atomic mass is 16.5. The molecule has 24 heavy (non-hydrogen) atoms. The quantitative estimate of drug-likeness (QED) is 0.701. The molecule has 0 aromatic heterocycles. The summed E-state index contributed by atoms with van der Waals surface area (Å²) in [5.74, 6) is 0.791. The zero-order valence-corrected chi connectivity index (χ0v) is 14.4. The highest BCUT2D eigenvalue weighted by Crippen LogP contribution is 2.40. The topological polar surface area (TPSA) is 79.2 Å². The third kappa shape index (κ3) is 3.67. The van der Waals surface area contributed by atoms with Crippen LogP contribution < -0.4 is 9.47 Å². The molecule has 2 rings (SSSR count). The van der Waals surface area contributed by atoms with Crippen LogP contribution in [0.5, 0.6) is 28.7 Å². The van der Waals surface area contributed by atoms with Gasteiger partial charge in [-0.3, -0.25) is 0 Å². The Balaban J connectivity index is 2.20. The summed E-state index contributed by atoms with van der Waals surface area (Å²) in [6, 6.07) is 8.63. The van der Waals surface area contributed by atoms with Gasteiger partial charge in [0.05, 0.1) is 14.2 Å². The van der Waals surface area contributed by atoms with Crippen LogP contribution in [-0.2, 0) is 6.42 Å². The third-order valence-electron chi connectivity index (χ3n) is 4.48. The molecule has 5 nitrogen and oxygen atoms in total. The second-order valence-corrected chi connectivity index (χ2v) is 6.07. The van der Waals surface area contributed by atoms with Crippen molar-refractivity contribution >= 4 is 0 Å². The van der Waals surface area contributed by atoms with E-state index in [0.29, 0.717) is 5.75 Å². The SMILES string of the molecule is COc1cc(C[C@@H](C)[C@H](C)c2cc(O)c(O)c(OC)c2)ccc1O. The summed E-state index contributed by atoms with van der Waals surface area (Å²) in [4.78, 5) is 0. The van der Waals surface area contributed by atoms with E-state index in [-0.39, 0.29) is 34.8 Å². The summed E-state index contributed by atoms with van der Waals surface area (Å²) in [5, 5.41) is 29.3. The highest BCUT2D eigenvalue weighted by Gasteiger charge is 2.19. The van der Waals surface area contributed by atoms with Crippen LogP contribution in [0.2, 0.25) is 0 Å². The molecule has 0 saturated carbocycles. The number of methoxy groups -OCH3 is 2. The largest absolute Gasteiger partial charge is 0.504 e. The van der Waals surface area contributed by atoms with Gasteiger partial charge in [0.1, 0.15) is 0 Å². The van der Waals surface area contributed by atoms with E-state index in [0.717, 1.165) is 17.5 Å². The maximum absolute atomic E-state index is 9.86. The predicted octanol–water partition coefficient (Wildman–Crippen LogP) is 3.80. The van der Waals surface area contributed by atoms with Crippen molar-refractivity contribution in [2.45, 2.75) is 26.2 Å². The lowest BCUT2D eigenvalue weighted by atomic mass is 9.84. The third-order valence-corrected chi connectivity index (χ3v) is 4.48. The maximum atomic E-state index is 9.86. The summed E-state index contributed by atoms with van der Waals surface area (Å²) in [6.07, 6.45) is 0.780. The molecule has 0 aliphatic rings. The van der Waals surface area contributed by atoms with Gasteiger partial charge in [-0.05, 0) is 53.6 Å². The van der Waals surface area contributed by atoms with Gasteiger partial charge in [-0.15, -0.1) is 0 Å². The molecular formula is C19H24O5. The van der Waals surface area contributed by atoms with Crippen molar-refractivity contribution in [2.75, 3.05) is 14.2 Å². The normalized spacial score (nSPS) is 13.3. The van der Waals surface area contributed by atoms with Crippen molar-refractivity contribution in [3.05, 3.63) is 41.5 Å². The van der Waals surface area contributed by atoms with Crippen molar-refractivity contribution in [2.24, 2.45) is 5.92 Å². The summed E-state index contributed by atoms with van der Waals surface area (Å²) >= 11 is 0. The first-order valence-corrected chi connectivity index (χ1v) is 7.83. The average Bonchev–Trinajstić information content (AvgIpc) is 2.58. The van der Waals surface area contributed by atoms with Crippen LogP contribution in [0, 0.1) is 5.92 Å². The number of ether oxygens (including phenoxy) is 2. The van der Waals surface area contributed by atoms with Gasteiger partial charge in [0, 0.05) is 0 Å². The fraction of sp³-hybridized carbons (Fsp3) is 0.368. The molecule has 2 aromatic carbocycles. The van der Waals surface area contributed by atoms with Gasteiger partial charge >= 0.3 is 0 Å². The molecule has 130 valence electrons. The number of phenols is 3.